The van der Waals surface area contributed by atoms with Gasteiger partial charge in [0.1, 0.15) is 12.6 Å². The molecule has 3 rings (SSSR count). The molecule has 0 radical (unpaired) electrons. The number of esters is 2. The van der Waals surface area contributed by atoms with Crippen LogP contribution in [0.5, 0.6) is 0 Å². The van der Waals surface area contributed by atoms with Crippen LogP contribution in [0.2, 0.25) is 5.02 Å². The Hall–Kier alpha value is -3.50. The zero-order chi connectivity index (χ0) is 24.1. The number of carbonyl (C=O) groups is 4. The molecule has 9 nitrogen and oxygen atoms in total. The van der Waals surface area contributed by atoms with Crippen LogP contribution >= 0.6 is 23.8 Å². The fourth-order valence-corrected chi connectivity index (χ4v) is 3.75. The Balaban J connectivity index is 1.79. The van der Waals surface area contributed by atoms with Crippen LogP contribution in [0.25, 0.3) is 0 Å². The number of carbonyl (C=O) groups excluding carboxylic acids is 4. The molecule has 1 aliphatic heterocycles. The number of thiocarbonyl (C=S) groups is 1. The average Bonchev–Trinajstić information content (AvgIpc) is 3.03. The molecule has 0 spiro atoms. The summed E-state index contributed by atoms with van der Waals surface area (Å²) in [4.78, 5) is 52.0. The van der Waals surface area contributed by atoms with E-state index in [9.17, 15) is 19.2 Å². The molecule has 1 N–H and O–H groups in total. The maximum atomic E-state index is 13.2. The lowest BCUT2D eigenvalue weighted by Gasteiger charge is -2.22. The lowest BCUT2D eigenvalue weighted by molar-refractivity contribution is -0.141. The summed E-state index contributed by atoms with van der Waals surface area (Å²) in [5.74, 6) is -2.04. The lowest BCUT2D eigenvalue weighted by Crippen LogP contribution is -2.41. The molecule has 33 heavy (non-hydrogen) atoms. The number of benzene rings is 2. The van der Waals surface area contributed by atoms with Gasteiger partial charge in [0.25, 0.3) is 5.91 Å². The minimum absolute atomic E-state index is 0.0768. The first-order valence-electron chi connectivity index (χ1n) is 9.70. The Morgan fingerprint density at radius 1 is 1.03 bits per heavy atom. The van der Waals surface area contributed by atoms with Gasteiger partial charge in [-0.05, 0) is 60.7 Å². The van der Waals surface area contributed by atoms with Crippen molar-refractivity contribution in [3.63, 3.8) is 0 Å². The van der Waals surface area contributed by atoms with E-state index in [1.54, 1.807) is 24.3 Å². The van der Waals surface area contributed by atoms with Crippen LogP contribution in [-0.4, -0.2) is 60.6 Å². The number of nitrogens with one attached hydrogen (secondary N) is 1. The number of halogens is 1. The fourth-order valence-electron chi connectivity index (χ4n) is 3.24. The number of hydrogen-bond donors (Lipinski definition) is 1. The Kier molecular flexibility index (Phi) is 7.62. The molecule has 1 aliphatic rings. The smallest absolute Gasteiger partial charge is 0.337 e. The van der Waals surface area contributed by atoms with Gasteiger partial charge in [0, 0.05) is 10.7 Å². The van der Waals surface area contributed by atoms with Gasteiger partial charge in [-0.2, -0.15) is 0 Å². The van der Waals surface area contributed by atoms with Crippen LogP contribution in [0.3, 0.4) is 0 Å². The zero-order valence-corrected chi connectivity index (χ0v) is 19.3. The van der Waals surface area contributed by atoms with Gasteiger partial charge in [-0.3, -0.25) is 19.3 Å². The summed E-state index contributed by atoms with van der Waals surface area (Å²) in [6, 6.07) is 11.5. The molecule has 1 heterocycles. The Labute approximate surface area is 200 Å². The van der Waals surface area contributed by atoms with Gasteiger partial charge in [-0.1, -0.05) is 11.6 Å². The van der Waals surface area contributed by atoms with E-state index >= 15 is 0 Å². The van der Waals surface area contributed by atoms with E-state index in [0.717, 1.165) is 0 Å². The first-order valence-corrected chi connectivity index (χ1v) is 10.5. The third-order valence-electron chi connectivity index (χ3n) is 4.90. The van der Waals surface area contributed by atoms with E-state index in [0.29, 0.717) is 22.0 Å². The second-order valence-electron chi connectivity index (χ2n) is 6.97. The predicted octanol–water partition coefficient (Wildman–Crippen LogP) is 2.63. The highest BCUT2D eigenvalue weighted by Crippen LogP contribution is 2.28. The number of anilines is 2. The van der Waals surface area contributed by atoms with E-state index in [-0.39, 0.29) is 18.1 Å². The molecule has 2 aromatic rings. The van der Waals surface area contributed by atoms with Crippen molar-refractivity contribution in [3.8, 4) is 0 Å². The van der Waals surface area contributed by atoms with Crippen molar-refractivity contribution >= 4 is 64.1 Å². The van der Waals surface area contributed by atoms with Gasteiger partial charge in [-0.25, -0.2) is 4.79 Å². The molecule has 0 aliphatic carbocycles. The maximum absolute atomic E-state index is 13.2. The minimum Gasteiger partial charge on any atom is -0.468 e. The number of amides is 2. The molecule has 0 aromatic heterocycles. The third-order valence-corrected chi connectivity index (χ3v) is 5.57. The quantitative estimate of drug-likeness (QED) is 0.467. The monoisotopic (exact) mass is 489 g/mol. The van der Waals surface area contributed by atoms with Crippen LogP contribution < -0.4 is 10.2 Å². The van der Waals surface area contributed by atoms with E-state index in [2.05, 4.69) is 10.1 Å². The molecule has 2 aromatic carbocycles. The third kappa shape index (κ3) is 5.47. The lowest BCUT2D eigenvalue weighted by atomic mass is 10.1. The molecule has 1 atom stereocenters. The van der Waals surface area contributed by atoms with Crippen molar-refractivity contribution in [2.24, 2.45) is 0 Å². The number of hydrogen-bond acceptors (Lipinski definition) is 7. The van der Waals surface area contributed by atoms with Gasteiger partial charge in [0.05, 0.1) is 31.9 Å². The molecular weight excluding hydrogens is 470 g/mol. The van der Waals surface area contributed by atoms with E-state index in [1.807, 2.05) is 0 Å². The molecule has 0 saturated carbocycles. The topological polar surface area (TPSA) is 105 Å². The van der Waals surface area contributed by atoms with Crippen LogP contribution in [0.15, 0.2) is 48.5 Å². The Bertz CT molecular complexity index is 1090. The highest BCUT2D eigenvalue weighted by atomic mass is 35.5. The molecule has 172 valence electrons. The molecule has 0 bridgehead atoms. The van der Waals surface area contributed by atoms with Gasteiger partial charge in [-0.15, -0.1) is 0 Å². The number of ether oxygens (including phenoxy) is 2. The first kappa shape index (κ1) is 24.1. The normalized spacial score (nSPS) is 15.4. The molecule has 1 fully saturated rings. The molecule has 1 saturated heterocycles. The highest BCUT2D eigenvalue weighted by Gasteiger charge is 2.45. The summed E-state index contributed by atoms with van der Waals surface area (Å²) in [6.45, 7) is -0.295. The van der Waals surface area contributed by atoms with E-state index in [1.165, 1.54) is 48.3 Å². The maximum Gasteiger partial charge on any atom is 0.337 e. The predicted molar refractivity (Wildman–Crippen MR) is 125 cm³/mol. The minimum atomic E-state index is -1.01. The summed E-state index contributed by atoms with van der Waals surface area (Å²) < 4.78 is 9.36. The second kappa shape index (κ2) is 10.4. The van der Waals surface area contributed by atoms with Gasteiger partial charge < -0.3 is 19.7 Å². The van der Waals surface area contributed by atoms with E-state index < -0.39 is 29.8 Å². The second-order valence-corrected chi connectivity index (χ2v) is 7.78. The van der Waals surface area contributed by atoms with Crippen molar-refractivity contribution in [1.29, 1.82) is 0 Å². The number of rotatable bonds is 7. The van der Waals surface area contributed by atoms with Crippen molar-refractivity contribution < 1.29 is 28.7 Å². The van der Waals surface area contributed by atoms with Crippen LogP contribution in [0.1, 0.15) is 16.8 Å². The summed E-state index contributed by atoms with van der Waals surface area (Å²) in [6.07, 6.45) is -0.265. The van der Waals surface area contributed by atoms with Crippen LogP contribution in [0, 0.1) is 0 Å². The van der Waals surface area contributed by atoms with Crippen LogP contribution in [-0.2, 0) is 23.9 Å². The van der Waals surface area contributed by atoms with E-state index in [4.69, 9.17) is 28.6 Å². The number of nitrogens with zero attached hydrogens (tertiary/aromatic N) is 2. The van der Waals surface area contributed by atoms with Crippen molar-refractivity contribution in [3.05, 3.63) is 59.1 Å². The van der Waals surface area contributed by atoms with Crippen molar-refractivity contribution in [2.45, 2.75) is 12.5 Å². The molecule has 2 amide bonds. The SMILES string of the molecule is COC(=O)CN1C(=S)N(c2ccc(Cl)cc2)C(=O)[C@H]1CC(=O)Nc1ccc(C(=O)OC)cc1. The summed E-state index contributed by atoms with van der Waals surface area (Å²) in [5, 5.41) is 3.23. The van der Waals surface area contributed by atoms with Crippen LogP contribution in [0.4, 0.5) is 11.4 Å². The Morgan fingerprint density at radius 2 is 1.67 bits per heavy atom. The summed E-state index contributed by atoms with van der Waals surface area (Å²) in [5.41, 5.74) is 1.22. The summed E-state index contributed by atoms with van der Waals surface area (Å²) in [7, 11) is 2.49. The van der Waals surface area contributed by atoms with Gasteiger partial charge in [0.15, 0.2) is 5.11 Å². The number of methoxy groups -OCH3 is 2. The van der Waals surface area contributed by atoms with Gasteiger partial charge in [0.2, 0.25) is 5.91 Å². The largest absolute Gasteiger partial charge is 0.468 e. The summed E-state index contributed by atoms with van der Waals surface area (Å²) >= 11 is 11.4. The molecule has 0 unspecified atom stereocenters. The molecular formula is C22H20ClN3O6S. The average molecular weight is 490 g/mol. The van der Waals surface area contributed by atoms with Crippen molar-refractivity contribution in [1.82, 2.24) is 4.90 Å². The standard InChI is InChI=1S/C22H20ClN3O6S/c1-31-19(28)12-25-17(20(29)26(22(25)33)16-9-5-14(23)6-10-16)11-18(27)24-15-7-3-13(4-8-15)21(30)32-2/h3-10,17H,11-12H2,1-2H3,(H,24,27)/t17-/m1/s1. The van der Waals surface area contributed by atoms with Gasteiger partial charge >= 0.3 is 11.9 Å². The van der Waals surface area contributed by atoms with Crippen molar-refractivity contribution in [2.75, 3.05) is 31.0 Å². The fraction of sp³-hybridized carbons (Fsp3) is 0.227. The first-order chi connectivity index (χ1) is 15.7. The zero-order valence-electron chi connectivity index (χ0n) is 17.7. The highest BCUT2D eigenvalue weighted by molar-refractivity contribution is 7.80. The Morgan fingerprint density at radius 3 is 2.24 bits per heavy atom. The molecule has 11 heteroatoms.